The first-order valence-electron chi connectivity index (χ1n) is 5.75. The number of hydrogen-bond donors (Lipinski definition) is 1. The van der Waals surface area contributed by atoms with Crippen molar-refractivity contribution in [2.75, 3.05) is 12.3 Å². The first kappa shape index (κ1) is 10.8. The van der Waals surface area contributed by atoms with Gasteiger partial charge in [0.05, 0.1) is 0 Å². The van der Waals surface area contributed by atoms with Crippen LogP contribution in [0.4, 0.5) is 0 Å². The Morgan fingerprint density at radius 2 is 1.93 bits per heavy atom. The fourth-order valence-corrected chi connectivity index (χ4v) is 4.93. The summed E-state index contributed by atoms with van der Waals surface area (Å²) < 4.78 is 0.492. The van der Waals surface area contributed by atoms with Crippen LogP contribution in [0.15, 0.2) is 0 Å². The van der Waals surface area contributed by atoms with E-state index in [4.69, 9.17) is 5.73 Å². The Kier molecular flexibility index (Phi) is 2.43. The van der Waals surface area contributed by atoms with Crippen molar-refractivity contribution in [1.82, 2.24) is 0 Å². The summed E-state index contributed by atoms with van der Waals surface area (Å²) >= 11 is 2.15. The summed E-state index contributed by atoms with van der Waals surface area (Å²) in [5.74, 6) is 3.92. The topological polar surface area (TPSA) is 26.0 Å². The normalized spacial score (nSPS) is 43.9. The van der Waals surface area contributed by atoms with Gasteiger partial charge in [0.1, 0.15) is 0 Å². The molecule has 0 aromatic heterocycles. The predicted molar refractivity (Wildman–Crippen MR) is 64.5 cm³/mol. The van der Waals surface area contributed by atoms with E-state index in [1.165, 1.54) is 12.2 Å². The summed E-state index contributed by atoms with van der Waals surface area (Å²) in [4.78, 5) is 0. The Morgan fingerprint density at radius 3 is 2.29 bits per heavy atom. The van der Waals surface area contributed by atoms with Gasteiger partial charge in [0.2, 0.25) is 0 Å². The van der Waals surface area contributed by atoms with E-state index in [0.717, 1.165) is 24.3 Å². The van der Waals surface area contributed by atoms with Crippen molar-refractivity contribution >= 4 is 11.8 Å². The maximum absolute atomic E-state index is 5.85. The summed E-state index contributed by atoms with van der Waals surface area (Å²) in [6.45, 7) is 10.5. The van der Waals surface area contributed by atoms with Crippen LogP contribution >= 0.6 is 11.8 Å². The van der Waals surface area contributed by atoms with Gasteiger partial charge < -0.3 is 5.73 Å². The van der Waals surface area contributed by atoms with Gasteiger partial charge in [0, 0.05) is 4.75 Å². The van der Waals surface area contributed by atoms with Gasteiger partial charge in [-0.2, -0.15) is 11.8 Å². The van der Waals surface area contributed by atoms with Crippen molar-refractivity contribution in [1.29, 1.82) is 0 Å². The monoisotopic (exact) mass is 213 g/mol. The fourth-order valence-electron chi connectivity index (χ4n) is 3.55. The molecule has 1 unspecified atom stereocenters. The van der Waals surface area contributed by atoms with Gasteiger partial charge in [-0.15, -0.1) is 0 Å². The van der Waals surface area contributed by atoms with Crippen molar-refractivity contribution < 1.29 is 0 Å². The number of thioether (sulfide) groups is 1. The van der Waals surface area contributed by atoms with E-state index in [0.29, 0.717) is 10.2 Å². The largest absolute Gasteiger partial charge is 0.330 e. The lowest BCUT2D eigenvalue weighted by molar-refractivity contribution is 0.335. The molecule has 2 fully saturated rings. The van der Waals surface area contributed by atoms with Gasteiger partial charge in [-0.3, -0.25) is 0 Å². The highest BCUT2D eigenvalue weighted by Gasteiger charge is 2.62. The number of nitrogens with two attached hydrogens (primary N) is 1. The standard InChI is InChI=1S/C12H23NS/c1-11(2)9(7-13)10(11)8-5-6-14-12(8,3)4/h8-10H,5-7,13H2,1-4H3/t8?,9-,10-/m0/s1. The SMILES string of the molecule is CC1(C)SCCC1[C@H]1[C@H](CN)C1(C)C. The fraction of sp³-hybridized carbons (Fsp3) is 1.00. The minimum absolute atomic E-state index is 0.492. The van der Waals surface area contributed by atoms with E-state index >= 15 is 0 Å². The molecule has 1 nitrogen and oxygen atoms in total. The molecule has 1 saturated heterocycles. The van der Waals surface area contributed by atoms with E-state index in [9.17, 15) is 0 Å². The highest BCUT2D eigenvalue weighted by molar-refractivity contribution is 8.00. The lowest BCUT2D eigenvalue weighted by Gasteiger charge is -2.27. The molecule has 0 bridgehead atoms. The number of rotatable bonds is 2. The first-order chi connectivity index (χ1) is 6.41. The van der Waals surface area contributed by atoms with Crippen molar-refractivity contribution in [2.24, 2.45) is 28.9 Å². The van der Waals surface area contributed by atoms with Crippen LogP contribution in [0.5, 0.6) is 0 Å². The molecule has 1 aliphatic heterocycles. The molecule has 14 heavy (non-hydrogen) atoms. The molecule has 1 saturated carbocycles. The second kappa shape index (κ2) is 3.15. The molecule has 82 valence electrons. The van der Waals surface area contributed by atoms with Crippen LogP contribution in [-0.4, -0.2) is 17.0 Å². The molecule has 0 aromatic rings. The maximum atomic E-state index is 5.85. The molecule has 2 aliphatic rings. The molecule has 2 rings (SSSR count). The minimum Gasteiger partial charge on any atom is -0.330 e. The van der Waals surface area contributed by atoms with Gasteiger partial charge in [0.25, 0.3) is 0 Å². The third-order valence-electron chi connectivity index (χ3n) is 4.62. The molecule has 0 radical (unpaired) electrons. The first-order valence-corrected chi connectivity index (χ1v) is 6.74. The molecule has 0 aromatic carbocycles. The Hall–Kier alpha value is 0.310. The summed E-state index contributed by atoms with van der Waals surface area (Å²) in [6.07, 6.45) is 1.41. The smallest absolute Gasteiger partial charge is 0.0135 e. The van der Waals surface area contributed by atoms with E-state index in [-0.39, 0.29) is 0 Å². The third kappa shape index (κ3) is 1.42. The lowest BCUT2D eigenvalue weighted by atomic mass is 9.85. The van der Waals surface area contributed by atoms with Crippen molar-refractivity contribution in [3.63, 3.8) is 0 Å². The van der Waals surface area contributed by atoms with Gasteiger partial charge in [-0.25, -0.2) is 0 Å². The van der Waals surface area contributed by atoms with Crippen LogP contribution in [0.3, 0.4) is 0 Å². The summed E-state index contributed by atoms with van der Waals surface area (Å²) in [5, 5.41) is 0. The van der Waals surface area contributed by atoms with Crippen molar-refractivity contribution in [2.45, 2.75) is 38.9 Å². The average molecular weight is 213 g/mol. The summed E-state index contributed by atoms with van der Waals surface area (Å²) in [5.41, 5.74) is 6.36. The zero-order chi connectivity index (χ0) is 10.6. The van der Waals surface area contributed by atoms with E-state index in [1.54, 1.807) is 0 Å². The lowest BCUT2D eigenvalue weighted by Crippen LogP contribution is -2.26. The van der Waals surface area contributed by atoms with Crippen LogP contribution in [0.1, 0.15) is 34.1 Å². The Morgan fingerprint density at radius 1 is 1.29 bits per heavy atom. The average Bonchev–Trinajstić information content (AvgIpc) is 2.40. The molecule has 2 heteroatoms. The number of hydrogen-bond acceptors (Lipinski definition) is 2. The molecular formula is C12H23NS. The van der Waals surface area contributed by atoms with Crippen molar-refractivity contribution in [3.8, 4) is 0 Å². The highest BCUT2D eigenvalue weighted by atomic mass is 32.2. The Balaban J connectivity index is 2.11. The van der Waals surface area contributed by atoms with Gasteiger partial charge >= 0.3 is 0 Å². The van der Waals surface area contributed by atoms with E-state index in [1.807, 2.05) is 0 Å². The maximum Gasteiger partial charge on any atom is 0.0135 e. The van der Waals surface area contributed by atoms with Gasteiger partial charge in [-0.1, -0.05) is 27.7 Å². The predicted octanol–water partition coefficient (Wildman–Crippen LogP) is 2.75. The zero-order valence-electron chi connectivity index (χ0n) is 9.84. The summed E-state index contributed by atoms with van der Waals surface area (Å²) in [6, 6.07) is 0. The van der Waals surface area contributed by atoms with Crippen LogP contribution in [0.2, 0.25) is 0 Å². The molecule has 0 spiro atoms. The molecule has 2 N–H and O–H groups in total. The minimum atomic E-state index is 0.492. The van der Waals surface area contributed by atoms with Crippen LogP contribution in [0.25, 0.3) is 0 Å². The van der Waals surface area contributed by atoms with Crippen LogP contribution < -0.4 is 5.73 Å². The second-order valence-electron chi connectivity index (χ2n) is 6.04. The third-order valence-corrected chi connectivity index (χ3v) is 6.11. The second-order valence-corrected chi connectivity index (χ2v) is 7.79. The zero-order valence-corrected chi connectivity index (χ0v) is 10.7. The van der Waals surface area contributed by atoms with Gasteiger partial charge in [0.15, 0.2) is 0 Å². The van der Waals surface area contributed by atoms with E-state index < -0.39 is 0 Å². The molecule has 1 aliphatic carbocycles. The molecule has 0 amide bonds. The highest BCUT2D eigenvalue weighted by Crippen LogP contribution is 2.66. The van der Waals surface area contributed by atoms with E-state index in [2.05, 4.69) is 39.5 Å². The Labute approximate surface area is 92.2 Å². The quantitative estimate of drug-likeness (QED) is 0.763. The molecule has 1 heterocycles. The van der Waals surface area contributed by atoms with Crippen LogP contribution in [-0.2, 0) is 0 Å². The van der Waals surface area contributed by atoms with Crippen LogP contribution in [0, 0.1) is 23.2 Å². The molecule has 3 atom stereocenters. The van der Waals surface area contributed by atoms with Crippen molar-refractivity contribution in [3.05, 3.63) is 0 Å². The Bertz CT molecular complexity index is 234. The van der Waals surface area contributed by atoms with Gasteiger partial charge in [-0.05, 0) is 41.9 Å². The summed E-state index contributed by atoms with van der Waals surface area (Å²) in [7, 11) is 0. The molecular weight excluding hydrogens is 190 g/mol.